The first kappa shape index (κ1) is 19.0. The summed E-state index contributed by atoms with van der Waals surface area (Å²) in [5, 5.41) is 3.60. The Morgan fingerprint density at radius 2 is 2.00 bits per heavy atom. The van der Waals surface area contributed by atoms with Gasteiger partial charge in [-0.15, -0.1) is 0 Å². The van der Waals surface area contributed by atoms with Gasteiger partial charge >= 0.3 is 5.63 Å². The lowest BCUT2D eigenvalue weighted by atomic mass is 10.1. The van der Waals surface area contributed by atoms with Gasteiger partial charge in [-0.1, -0.05) is 0 Å². The molecule has 1 aromatic heterocycles. The summed E-state index contributed by atoms with van der Waals surface area (Å²) in [5.41, 5.74) is 1.74. The van der Waals surface area contributed by atoms with Crippen molar-refractivity contribution in [2.75, 3.05) is 27.2 Å². The molecule has 0 saturated carbocycles. The zero-order valence-corrected chi connectivity index (χ0v) is 15.5. The Hall–Kier alpha value is -2.34. The number of nitrogens with one attached hydrogen (secondary N) is 1. The normalized spacial score (nSPS) is 12.4. The standard InChI is InChI=1S/C19H26N2O4/c1-12-9-15(18-13(2)11-17(22)25-16(18)10-12)24-14(3)19(23)20-7-6-8-21(4)5/h9-11,14H,6-8H2,1-5H3,(H,20,23)/t14-/m1/s1. The Balaban J connectivity index is 2.14. The molecule has 0 bridgehead atoms. The molecule has 1 aromatic carbocycles. The number of aryl methyl sites for hydroxylation is 2. The highest BCUT2D eigenvalue weighted by atomic mass is 16.5. The molecule has 0 unspecified atom stereocenters. The van der Waals surface area contributed by atoms with E-state index in [4.69, 9.17) is 9.15 Å². The number of carbonyl (C=O) groups excluding carboxylic acids is 1. The molecular formula is C19H26N2O4. The minimum Gasteiger partial charge on any atom is -0.480 e. The van der Waals surface area contributed by atoms with Crippen LogP contribution in [0.4, 0.5) is 0 Å². The minimum atomic E-state index is -0.643. The van der Waals surface area contributed by atoms with Crippen LogP contribution in [0.3, 0.4) is 0 Å². The molecular weight excluding hydrogens is 320 g/mol. The number of nitrogens with zero attached hydrogens (tertiary/aromatic N) is 1. The maximum atomic E-state index is 12.2. The molecule has 0 saturated heterocycles. The Bertz CT molecular complexity index is 811. The van der Waals surface area contributed by atoms with Gasteiger partial charge in [0.1, 0.15) is 11.3 Å². The van der Waals surface area contributed by atoms with Crippen molar-refractivity contribution in [3.63, 3.8) is 0 Å². The SMILES string of the molecule is Cc1cc(O[C@H](C)C(=O)NCCCN(C)C)c2c(C)cc(=O)oc2c1. The first-order valence-electron chi connectivity index (χ1n) is 8.42. The van der Waals surface area contributed by atoms with Gasteiger partial charge in [0.05, 0.1) is 5.39 Å². The number of hydrogen-bond donors (Lipinski definition) is 1. The predicted octanol–water partition coefficient (Wildman–Crippen LogP) is 2.25. The maximum absolute atomic E-state index is 12.2. The fraction of sp³-hybridized carbons (Fsp3) is 0.474. The van der Waals surface area contributed by atoms with E-state index in [2.05, 4.69) is 10.2 Å². The van der Waals surface area contributed by atoms with Crippen LogP contribution in [0.1, 0.15) is 24.5 Å². The van der Waals surface area contributed by atoms with Crippen LogP contribution in [0, 0.1) is 13.8 Å². The van der Waals surface area contributed by atoms with Crippen LogP contribution in [0.2, 0.25) is 0 Å². The monoisotopic (exact) mass is 346 g/mol. The highest BCUT2D eigenvalue weighted by Crippen LogP contribution is 2.30. The van der Waals surface area contributed by atoms with Gasteiger partial charge in [-0.3, -0.25) is 4.79 Å². The number of carbonyl (C=O) groups is 1. The van der Waals surface area contributed by atoms with Crippen LogP contribution < -0.4 is 15.7 Å². The first-order chi connectivity index (χ1) is 11.8. The van der Waals surface area contributed by atoms with E-state index in [9.17, 15) is 9.59 Å². The molecule has 2 aromatic rings. The third kappa shape index (κ3) is 5.06. The van der Waals surface area contributed by atoms with E-state index in [0.29, 0.717) is 17.9 Å². The van der Waals surface area contributed by atoms with Crippen molar-refractivity contribution in [3.05, 3.63) is 39.7 Å². The zero-order chi connectivity index (χ0) is 18.6. The van der Waals surface area contributed by atoms with Crippen LogP contribution in [-0.2, 0) is 4.79 Å². The van der Waals surface area contributed by atoms with Gasteiger partial charge in [0, 0.05) is 12.6 Å². The summed E-state index contributed by atoms with van der Waals surface area (Å²) < 4.78 is 11.2. The maximum Gasteiger partial charge on any atom is 0.336 e. The summed E-state index contributed by atoms with van der Waals surface area (Å²) in [4.78, 5) is 25.9. The molecule has 0 spiro atoms. The van der Waals surface area contributed by atoms with Crippen molar-refractivity contribution in [3.8, 4) is 5.75 Å². The van der Waals surface area contributed by atoms with Crippen molar-refractivity contribution in [1.82, 2.24) is 10.2 Å². The van der Waals surface area contributed by atoms with E-state index in [1.165, 1.54) is 6.07 Å². The number of hydrogen-bond acceptors (Lipinski definition) is 5. The fourth-order valence-corrected chi connectivity index (χ4v) is 2.66. The van der Waals surface area contributed by atoms with Crippen LogP contribution in [-0.4, -0.2) is 44.1 Å². The summed E-state index contributed by atoms with van der Waals surface area (Å²) in [5.74, 6) is 0.385. The van der Waals surface area contributed by atoms with Gasteiger partial charge in [0.25, 0.3) is 5.91 Å². The van der Waals surface area contributed by atoms with E-state index in [1.54, 1.807) is 13.0 Å². The Labute approximate surface area is 147 Å². The second kappa shape index (κ2) is 8.16. The summed E-state index contributed by atoms with van der Waals surface area (Å²) in [6.07, 6.45) is 0.235. The average molecular weight is 346 g/mol. The van der Waals surface area contributed by atoms with Gasteiger partial charge in [0.2, 0.25) is 0 Å². The summed E-state index contributed by atoms with van der Waals surface area (Å²) >= 11 is 0. The first-order valence-corrected chi connectivity index (χ1v) is 8.42. The molecule has 25 heavy (non-hydrogen) atoms. The summed E-state index contributed by atoms with van der Waals surface area (Å²) in [7, 11) is 3.99. The Morgan fingerprint density at radius 3 is 2.68 bits per heavy atom. The van der Waals surface area contributed by atoms with Gasteiger partial charge in [0.15, 0.2) is 6.10 Å². The van der Waals surface area contributed by atoms with E-state index in [0.717, 1.165) is 29.5 Å². The van der Waals surface area contributed by atoms with Gasteiger partial charge in [-0.2, -0.15) is 0 Å². The van der Waals surface area contributed by atoms with Crippen LogP contribution in [0.25, 0.3) is 11.0 Å². The smallest absolute Gasteiger partial charge is 0.336 e. The molecule has 0 aliphatic carbocycles. The Morgan fingerprint density at radius 1 is 1.28 bits per heavy atom. The zero-order valence-electron chi connectivity index (χ0n) is 15.5. The lowest BCUT2D eigenvalue weighted by Gasteiger charge is -2.17. The predicted molar refractivity (Wildman–Crippen MR) is 98.2 cm³/mol. The third-order valence-corrected chi connectivity index (χ3v) is 3.90. The minimum absolute atomic E-state index is 0.163. The third-order valence-electron chi connectivity index (χ3n) is 3.90. The van der Waals surface area contributed by atoms with Crippen LogP contribution >= 0.6 is 0 Å². The molecule has 1 atom stereocenters. The largest absolute Gasteiger partial charge is 0.480 e. The second-order valence-corrected chi connectivity index (χ2v) is 6.59. The number of ether oxygens (including phenoxy) is 1. The van der Waals surface area contributed by atoms with E-state index < -0.39 is 11.7 Å². The molecule has 136 valence electrons. The number of rotatable bonds is 7. The molecule has 2 rings (SSSR count). The average Bonchev–Trinajstić information content (AvgIpc) is 2.49. The Kier molecular flexibility index (Phi) is 6.20. The van der Waals surface area contributed by atoms with E-state index >= 15 is 0 Å². The molecule has 6 nitrogen and oxygen atoms in total. The molecule has 0 radical (unpaired) electrons. The van der Waals surface area contributed by atoms with Crippen LogP contribution in [0.5, 0.6) is 5.75 Å². The van der Waals surface area contributed by atoms with Crippen molar-refractivity contribution in [1.29, 1.82) is 0 Å². The molecule has 0 aliphatic rings. The van der Waals surface area contributed by atoms with E-state index in [-0.39, 0.29) is 5.91 Å². The van der Waals surface area contributed by atoms with Crippen LogP contribution in [0.15, 0.2) is 27.4 Å². The van der Waals surface area contributed by atoms with Crippen molar-refractivity contribution in [2.24, 2.45) is 0 Å². The topological polar surface area (TPSA) is 71.8 Å². The van der Waals surface area contributed by atoms with Crippen molar-refractivity contribution in [2.45, 2.75) is 33.3 Å². The van der Waals surface area contributed by atoms with Crippen molar-refractivity contribution < 1.29 is 13.9 Å². The van der Waals surface area contributed by atoms with E-state index in [1.807, 2.05) is 34.0 Å². The van der Waals surface area contributed by atoms with Gasteiger partial charge in [-0.25, -0.2) is 4.79 Å². The molecule has 0 aliphatic heterocycles. The summed E-state index contributed by atoms with van der Waals surface area (Å²) in [6, 6.07) is 5.07. The quantitative estimate of drug-likeness (QED) is 0.615. The lowest BCUT2D eigenvalue weighted by molar-refractivity contribution is -0.127. The molecule has 0 fully saturated rings. The number of fused-ring (bicyclic) bond motifs is 1. The lowest BCUT2D eigenvalue weighted by Crippen LogP contribution is -2.37. The highest BCUT2D eigenvalue weighted by Gasteiger charge is 2.17. The fourth-order valence-electron chi connectivity index (χ4n) is 2.66. The molecule has 1 heterocycles. The molecule has 1 amide bonds. The van der Waals surface area contributed by atoms with Gasteiger partial charge in [-0.05, 0) is 71.1 Å². The second-order valence-electron chi connectivity index (χ2n) is 6.59. The van der Waals surface area contributed by atoms with Gasteiger partial charge < -0.3 is 19.4 Å². The summed E-state index contributed by atoms with van der Waals surface area (Å²) in [6.45, 7) is 6.95. The van der Waals surface area contributed by atoms with Crippen molar-refractivity contribution >= 4 is 16.9 Å². The molecule has 1 N–H and O–H groups in total. The molecule has 6 heteroatoms. The highest BCUT2D eigenvalue weighted by molar-refractivity contribution is 5.88. The number of amides is 1. The number of benzene rings is 1.